The predicted molar refractivity (Wildman–Crippen MR) is 118 cm³/mol. The van der Waals surface area contributed by atoms with Crippen molar-refractivity contribution in [2.45, 2.75) is 13.8 Å². The van der Waals surface area contributed by atoms with Crippen molar-refractivity contribution in [3.8, 4) is 0 Å². The summed E-state index contributed by atoms with van der Waals surface area (Å²) >= 11 is 6.00. The Morgan fingerprint density at radius 2 is 1.94 bits per heavy atom. The van der Waals surface area contributed by atoms with Gasteiger partial charge in [0, 0.05) is 5.02 Å². The van der Waals surface area contributed by atoms with E-state index >= 15 is 0 Å². The van der Waals surface area contributed by atoms with Crippen molar-refractivity contribution < 1.29 is 18.7 Å². The highest BCUT2D eigenvalue weighted by atomic mass is 35.5. The van der Waals surface area contributed by atoms with Crippen LogP contribution >= 0.6 is 11.6 Å². The van der Waals surface area contributed by atoms with Crippen LogP contribution in [-0.4, -0.2) is 24.2 Å². The van der Waals surface area contributed by atoms with Gasteiger partial charge in [0.15, 0.2) is 11.1 Å². The number of benzene rings is 2. The Bertz CT molecular complexity index is 1320. The number of ether oxygens (including phenoxy) is 1. The van der Waals surface area contributed by atoms with Gasteiger partial charge in [-0.3, -0.25) is 9.59 Å². The zero-order valence-electron chi connectivity index (χ0n) is 16.7. The number of esters is 1. The number of carbonyl (C=O) groups excluding carboxylic acids is 2. The molecule has 2 heterocycles. The Kier molecular flexibility index (Phi) is 5.44. The molecule has 31 heavy (non-hydrogen) atoms. The summed E-state index contributed by atoms with van der Waals surface area (Å²) in [6.45, 7) is 3.68. The number of carbonyl (C=O) groups is 2. The maximum absolute atomic E-state index is 13.1. The third kappa shape index (κ3) is 3.87. The molecule has 3 aromatic rings. The van der Waals surface area contributed by atoms with Crippen LogP contribution < -0.4 is 10.4 Å². The van der Waals surface area contributed by atoms with Crippen molar-refractivity contribution in [1.29, 1.82) is 0 Å². The third-order valence-corrected chi connectivity index (χ3v) is 4.92. The monoisotopic (exact) mass is 436 g/mol. The largest absolute Gasteiger partial charge is 0.463 e. The number of hydrazone groups is 1. The first kappa shape index (κ1) is 20.6. The third-order valence-electron chi connectivity index (χ3n) is 4.69. The summed E-state index contributed by atoms with van der Waals surface area (Å²) in [5.74, 6) is -1.32. The van der Waals surface area contributed by atoms with Gasteiger partial charge in [0.2, 0.25) is 0 Å². The normalized spacial score (nSPS) is 14.9. The van der Waals surface area contributed by atoms with E-state index in [1.54, 1.807) is 31.2 Å². The standard InChI is InChI=1S/C23H17ClN2O5/c1-3-30-23(29)20-18(22(28)26(25-20)16-7-4-13(2)5-8-16)10-14-12-31-19-9-6-15(24)11-17(19)21(14)27/h4-12H,3H2,1-2H3/b18-10-. The molecule has 1 aliphatic heterocycles. The lowest BCUT2D eigenvalue weighted by molar-refractivity contribution is -0.135. The van der Waals surface area contributed by atoms with Crippen LogP contribution in [0.4, 0.5) is 5.69 Å². The van der Waals surface area contributed by atoms with E-state index in [1.807, 2.05) is 19.1 Å². The molecule has 0 atom stereocenters. The lowest BCUT2D eigenvalue weighted by atomic mass is 10.1. The number of amides is 1. The molecular weight excluding hydrogens is 420 g/mol. The minimum atomic E-state index is -0.759. The van der Waals surface area contributed by atoms with Gasteiger partial charge in [-0.2, -0.15) is 10.1 Å². The Morgan fingerprint density at radius 3 is 2.65 bits per heavy atom. The second-order valence-electron chi connectivity index (χ2n) is 6.84. The molecule has 1 aromatic heterocycles. The molecule has 0 bridgehead atoms. The van der Waals surface area contributed by atoms with Gasteiger partial charge in [-0.15, -0.1) is 0 Å². The minimum Gasteiger partial charge on any atom is -0.463 e. The maximum Gasteiger partial charge on any atom is 0.359 e. The van der Waals surface area contributed by atoms with Gasteiger partial charge in [-0.25, -0.2) is 4.79 Å². The molecule has 0 saturated heterocycles. The Labute approximate surface area is 182 Å². The van der Waals surface area contributed by atoms with Gasteiger partial charge in [-0.1, -0.05) is 29.3 Å². The van der Waals surface area contributed by atoms with E-state index in [2.05, 4.69) is 5.10 Å². The van der Waals surface area contributed by atoms with Crippen LogP contribution in [0.2, 0.25) is 5.02 Å². The number of hydrogen-bond acceptors (Lipinski definition) is 6. The molecule has 0 aliphatic carbocycles. The summed E-state index contributed by atoms with van der Waals surface area (Å²) in [6.07, 6.45) is 2.52. The number of hydrogen-bond donors (Lipinski definition) is 0. The van der Waals surface area contributed by atoms with Crippen LogP contribution in [0.5, 0.6) is 0 Å². The number of halogens is 1. The molecule has 156 valence electrons. The molecule has 0 radical (unpaired) electrons. The average molecular weight is 437 g/mol. The van der Waals surface area contributed by atoms with Crippen molar-refractivity contribution >= 4 is 51.9 Å². The molecule has 8 heteroatoms. The summed E-state index contributed by atoms with van der Waals surface area (Å²) in [7, 11) is 0. The number of nitrogens with zero attached hydrogens (tertiary/aromatic N) is 2. The van der Waals surface area contributed by atoms with Crippen LogP contribution in [0, 0.1) is 6.92 Å². The number of aryl methyl sites for hydroxylation is 1. The quantitative estimate of drug-likeness (QED) is 0.453. The maximum atomic E-state index is 13.1. The molecule has 0 fully saturated rings. The van der Waals surface area contributed by atoms with E-state index in [1.165, 1.54) is 18.4 Å². The molecule has 0 unspecified atom stereocenters. The molecule has 2 aromatic carbocycles. The lowest BCUT2D eigenvalue weighted by Crippen LogP contribution is -2.23. The Hall–Kier alpha value is -3.71. The molecule has 0 saturated carbocycles. The van der Waals surface area contributed by atoms with E-state index in [4.69, 9.17) is 20.8 Å². The van der Waals surface area contributed by atoms with Crippen LogP contribution in [0.1, 0.15) is 18.1 Å². The minimum absolute atomic E-state index is 0.0623. The lowest BCUT2D eigenvalue weighted by Gasteiger charge is -2.11. The van der Waals surface area contributed by atoms with Crippen LogP contribution in [0.25, 0.3) is 17.0 Å². The highest BCUT2D eigenvalue weighted by molar-refractivity contribution is 6.54. The van der Waals surface area contributed by atoms with Crippen molar-refractivity contribution in [2.24, 2.45) is 5.10 Å². The van der Waals surface area contributed by atoms with Crippen molar-refractivity contribution in [3.05, 3.63) is 80.7 Å². The summed E-state index contributed by atoms with van der Waals surface area (Å²) in [4.78, 5) is 38.5. The first-order valence-corrected chi connectivity index (χ1v) is 9.87. The van der Waals surface area contributed by atoms with Crippen molar-refractivity contribution in [1.82, 2.24) is 0 Å². The first-order chi connectivity index (χ1) is 14.9. The summed E-state index contributed by atoms with van der Waals surface area (Å²) in [5.41, 5.74) is 1.30. The molecule has 1 aliphatic rings. The fourth-order valence-electron chi connectivity index (χ4n) is 3.13. The Balaban J connectivity index is 1.83. The van der Waals surface area contributed by atoms with Crippen LogP contribution in [0.3, 0.4) is 0 Å². The number of fused-ring (bicyclic) bond motifs is 1. The zero-order chi connectivity index (χ0) is 22.1. The smallest absolute Gasteiger partial charge is 0.359 e. The molecule has 0 N–H and O–H groups in total. The highest BCUT2D eigenvalue weighted by Crippen LogP contribution is 2.26. The molecule has 7 nitrogen and oxygen atoms in total. The number of anilines is 1. The molecule has 1 amide bonds. The van der Waals surface area contributed by atoms with Gasteiger partial charge >= 0.3 is 5.97 Å². The van der Waals surface area contributed by atoms with Gasteiger partial charge in [0.25, 0.3) is 5.91 Å². The molecular formula is C23H17ClN2O5. The fraction of sp³-hybridized carbons (Fsp3) is 0.130. The van der Waals surface area contributed by atoms with E-state index in [-0.39, 0.29) is 34.3 Å². The topological polar surface area (TPSA) is 89.2 Å². The van der Waals surface area contributed by atoms with E-state index < -0.39 is 11.9 Å². The van der Waals surface area contributed by atoms with E-state index in [0.29, 0.717) is 16.3 Å². The second kappa shape index (κ2) is 8.20. The van der Waals surface area contributed by atoms with E-state index in [0.717, 1.165) is 10.6 Å². The average Bonchev–Trinajstić information content (AvgIpc) is 3.07. The SMILES string of the molecule is CCOC(=O)C1=NN(c2ccc(C)cc2)C(=O)/C1=C\c1coc2ccc(Cl)cc2c1=O. The predicted octanol–water partition coefficient (Wildman–Crippen LogP) is 4.10. The highest BCUT2D eigenvalue weighted by Gasteiger charge is 2.36. The van der Waals surface area contributed by atoms with Gasteiger partial charge in [0.1, 0.15) is 11.8 Å². The second-order valence-corrected chi connectivity index (χ2v) is 7.28. The van der Waals surface area contributed by atoms with E-state index in [9.17, 15) is 14.4 Å². The summed E-state index contributed by atoms with van der Waals surface area (Å²) in [6, 6.07) is 11.8. The number of rotatable bonds is 4. The Morgan fingerprint density at radius 1 is 1.19 bits per heavy atom. The van der Waals surface area contributed by atoms with Crippen molar-refractivity contribution in [2.75, 3.05) is 11.6 Å². The van der Waals surface area contributed by atoms with Gasteiger partial charge < -0.3 is 9.15 Å². The van der Waals surface area contributed by atoms with Gasteiger partial charge in [-0.05, 0) is 50.3 Å². The van der Waals surface area contributed by atoms with Crippen molar-refractivity contribution in [3.63, 3.8) is 0 Å². The molecule has 4 rings (SSSR count). The summed E-state index contributed by atoms with van der Waals surface area (Å²) < 4.78 is 10.6. The van der Waals surface area contributed by atoms with Gasteiger partial charge in [0.05, 0.1) is 28.8 Å². The van der Waals surface area contributed by atoms with Crippen LogP contribution in [-0.2, 0) is 14.3 Å². The van der Waals surface area contributed by atoms with Crippen LogP contribution in [0.15, 0.2) is 68.6 Å². The molecule has 0 spiro atoms. The summed E-state index contributed by atoms with van der Waals surface area (Å²) in [5, 5.41) is 5.92. The first-order valence-electron chi connectivity index (χ1n) is 9.49. The fourth-order valence-corrected chi connectivity index (χ4v) is 3.30. The zero-order valence-corrected chi connectivity index (χ0v) is 17.5.